The number of ether oxygens (including phenoxy) is 2. The summed E-state index contributed by atoms with van der Waals surface area (Å²) in [5, 5.41) is 48.5. The van der Waals surface area contributed by atoms with Crippen molar-refractivity contribution in [3.63, 3.8) is 0 Å². The van der Waals surface area contributed by atoms with Crippen molar-refractivity contribution in [1.29, 1.82) is 0 Å². The van der Waals surface area contributed by atoms with Gasteiger partial charge in [-0.05, 0) is 0 Å². The molecule has 38 heteroatoms. The van der Waals surface area contributed by atoms with Crippen LogP contribution in [0.1, 0.15) is 39.1 Å². The molecule has 6 rings (SSSR count). The molecule has 406 valence electrons. The summed E-state index contributed by atoms with van der Waals surface area (Å²) in [6.07, 6.45) is -8.22. The van der Waals surface area contributed by atoms with E-state index in [0.29, 0.717) is 28.2 Å². The van der Waals surface area contributed by atoms with Crippen molar-refractivity contribution >= 4 is 101 Å². The van der Waals surface area contributed by atoms with Crippen molar-refractivity contribution in [2.75, 3.05) is 43.5 Å². The number of nitrogen functional groups attached to an aromatic ring is 2. The van der Waals surface area contributed by atoms with Crippen LogP contribution in [0, 0.1) is 5.41 Å². The minimum atomic E-state index is -5.61. The first-order valence-electron chi connectivity index (χ1n) is 21.5. The molecule has 2 fully saturated rings. The Bertz CT molecular complexity index is 2740. The van der Waals surface area contributed by atoms with Crippen molar-refractivity contribution in [2.45, 2.75) is 98.6 Å². The maximum atomic E-state index is 12.8. The first-order valence-corrected chi connectivity index (χ1v) is 29.4. The van der Waals surface area contributed by atoms with E-state index >= 15 is 0 Å². The van der Waals surface area contributed by atoms with E-state index in [4.69, 9.17) is 35.7 Å². The zero-order valence-corrected chi connectivity index (χ0v) is 43.6. The van der Waals surface area contributed by atoms with E-state index in [1.165, 1.54) is 31.1 Å². The predicted molar refractivity (Wildman–Crippen MR) is 251 cm³/mol. The fraction of sp³-hybridized carbons (Fsp3) is 0.629. The van der Waals surface area contributed by atoms with Gasteiger partial charge in [0, 0.05) is 5.41 Å². The Hall–Kier alpha value is -3.73. The normalized spacial score (nSPS) is 25.1. The molecule has 0 radical (unpaired) electrons. The van der Waals surface area contributed by atoms with Gasteiger partial charge in [0.25, 0.3) is 0 Å². The summed E-state index contributed by atoms with van der Waals surface area (Å²) in [6, 6.07) is -0.796. The fourth-order valence-corrected chi connectivity index (χ4v) is 12.9. The maximum absolute atomic E-state index is 12.8. The zero-order valence-electron chi connectivity index (χ0n) is 38.4. The number of thioether (sulfide) groups is 1. The molecule has 2 amide bonds. The Morgan fingerprint density at radius 3 is 2.01 bits per heavy atom. The van der Waals surface area contributed by atoms with E-state index < -0.39 is 115 Å². The van der Waals surface area contributed by atoms with Gasteiger partial charge in [-0.1, -0.05) is 13.8 Å². The Morgan fingerprint density at radius 2 is 1.41 bits per heavy atom. The number of carbonyl (C=O) groups excluding carboxylic acids is 3. The van der Waals surface area contributed by atoms with Crippen molar-refractivity contribution in [1.82, 2.24) is 49.7 Å². The number of amides is 2. The number of hydrogen-bond donors (Lipinski definition) is 13. The van der Waals surface area contributed by atoms with E-state index in [2.05, 4.69) is 49.4 Å². The van der Waals surface area contributed by atoms with Gasteiger partial charge in [0.05, 0.1) is 19.5 Å². The second-order valence-corrected chi connectivity index (χ2v) is 24.6. The summed E-state index contributed by atoms with van der Waals surface area (Å²) >= 11 is 0.810. The molecule has 2 aliphatic rings. The van der Waals surface area contributed by atoms with Crippen LogP contribution in [0.3, 0.4) is 0 Å². The summed E-state index contributed by atoms with van der Waals surface area (Å²) < 4.78 is 69.9. The fourth-order valence-electron chi connectivity index (χ4n) is 7.07. The third kappa shape index (κ3) is 15.2. The van der Waals surface area contributed by atoms with Gasteiger partial charge in [-0.2, -0.15) is 4.31 Å². The number of rotatable bonds is 26. The van der Waals surface area contributed by atoms with Crippen LogP contribution in [0.4, 0.5) is 11.6 Å². The molecule has 0 bridgehead atoms. The Morgan fingerprint density at radius 1 is 0.836 bits per heavy atom. The topological polar surface area (TPSA) is 509 Å². The van der Waals surface area contributed by atoms with Gasteiger partial charge in [0.15, 0.2) is 17.7 Å². The molecule has 0 aromatic carbocycles. The number of nitrogens with one attached hydrogen (secondary N) is 2. The SMILES string of the molecule is CC(C)(COP(=O)(O)OP(=O)(O)OCC1OC(n2cnc3c(N)ncnc32)C(O)C1OP(=O)(O)O)C(O)C(=O)NCCC(=O)NCCSC(=O)C(N)CC[Se]CC1OC(n2cnc3c(N)ncnc32)C(O)C1O. The van der Waals surface area contributed by atoms with Crippen LogP contribution in [0.25, 0.3) is 22.3 Å². The number of aromatic nitrogens is 8. The van der Waals surface area contributed by atoms with Crippen molar-refractivity contribution in [2.24, 2.45) is 11.1 Å². The van der Waals surface area contributed by atoms with Gasteiger partial charge in [0.1, 0.15) is 36.3 Å². The quantitative estimate of drug-likeness (QED) is 0.0169. The van der Waals surface area contributed by atoms with Crippen molar-refractivity contribution in [3.8, 4) is 0 Å². The molecule has 73 heavy (non-hydrogen) atoms. The van der Waals surface area contributed by atoms with Gasteiger partial charge in [-0.15, -0.1) is 0 Å². The first-order chi connectivity index (χ1) is 34.2. The third-order valence-corrected chi connectivity index (χ3v) is 17.3. The number of phosphoric acid groups is 3. The van der Waals surface area contributed by atoms with Gasteiger partial charge in [-0.3, -0.25) is 22.9 Å². The average Bonchev–Trinajstić information content (AvgIpc) is 4.09. The molecule has 2 aliphatic heterocycles. The van der Waals surface area contributed by atoms with Crippen LogP contribution < -0.4 is 27.8 Å². The number of carbonyl (C=O) groups is 3. The van der Waals surface area contributed by atoms with Crippen molar-refractivity contribution < 1.29 is 95.4 Å². The molecule has 6 heterocycles. The number of imidazole rings is 2. The summed E-state index contributed by atoms with van der Waals surface area (Å²) in [5.41, 5.74) is 16.8. The van der Waals surface area contributed by atoms with Crippen LogP contribution in [0.5, 0.6) is 0 Å². The van der Waals surface area contributed by atoms with Crippen LogP contribution in [-0.2, 0) is 55.4 Å². The molecule has 33 nitrogen and oxygen atoms in total. The number of hydrogen-bond acceptors (Lipinski definition) is 26. The monoisotopic (exact) mass is 1180 g/mol. The molecular weight excluding hydrogens is 1130 g/mol. The van der Waals surface area contributed by atoms with Gasteiger partial charge >= 0.3 is 230 Å². The van der Waals surface area contributed by atoms with E-state index in [9.17, 15) is 68.1 Å². The number of nitrogens with two attached hydrogens (primary N) is 3. The summed E-state index contributed by atoms with van der Waals surface area (Å²) in [6.45, 7) is 0.189. The molecule has 16 N–H and O–H groups in total. The minimum absolute atomic E-state index is 0.0153. The third-order valence-electron chi connectivity index (χ3n) is 10.9. The van der Waals surface area contributed by atoms with Crippen molar-refractivity contribution in [3.05, 3.63) is 25.3 Å². The van der Waals surface area contributed by atoms with Crippen LogP contribution in [0.2, 0.25) is 10.6 Å². The van der Waals surface area contributed by atoms with Crippen LogP contribution >= 0.6 is 35.2 Å². The van der Waals surface area contributed by atoms with E-state index in [1.807, 2.05) is 0 Å². The van der Waals surface area contributed by atoms with E-state index in [0.717, 1.165) is 29.0 Å². The Balaban J connectivity index is 0.846. The Kier molecular flexibility index (Phi) is 19.7. The number of nitrogens with zero attached hydrogens (tertiary/aromatic N) is 8. The second kappa shape index (κ2) is 24.5. The summed E-state index contributed by atoms with van der Waals surface area (Å²) in [5.74, 6) is -1.25. The zero-order chi connectivity index (χ0) is 53.6. The molecule has 12 unspecified atom stereocenters. The standard InChI is InChI=1S/C35H54N13O20P3SSe/c1-35(2,11-64-71(61,62)68-70(59,60)63-9-17-25(67-69(56,57)58)24(52)33(65-17)48-15-46-21-28(38)42-13-44-30(21)48)26(53)31(54)40-5-3-19(49)39-6-7-72-34(55)16(36)4-8-73-10-18-22(50)23(51)32(66-18)47-14-45-20-27(37)41-12-43-29(20)47/h12-18,22-26,32-33,50-53H,3-11,36H2,1-2H3,(H,39,49)(H,40,54)(H,59,60)(H,61,62)(H2,37,41,43)(H2,38,42,44)(H2,56,57,58). The molecule has 4 aromatic rings. The second-order valence-electron chi connectivity index (χ2n) is 16.8. The number of phosphoric ester groups is 3. The summed E-state index contributed by atoms with van der Waals surface area (Å²) in [4.78, 5) is 101. The first kappa shape index (κ1) is 58.5. The molecule has 0 spiro atoms. The number of aliphatic hydroxyl groups is 4. The molecular formula is C35H54N13O20P3SSe. The number of anilines is 2. The molecule has 12 atom stereocenters. The van der Waals surface area contributed by atoms with E-state index in [-0.39, 0.29) is 68.1 Å². The average molecular weight is 1180 g/mol. The summed E-state index contributed by atoms with van der Waals surface area (Å²) in [7, 11) is -16.5. The molecule has 0 saturated carbocycles. The van der Waals surface area contributed by atoms with Gasteiger partial charge in [-0.25, -0.2) is 28.6 Å². The predicted octanol–water partition coefficient (Wildman–Crippen LogP) is -3.04. The van der Waals surface area contributed by atoms with E-state index in [1.54, 1.807) is 0 Å². The van der Waals surface area contributed by atoms with Crippen LogP contribution in [0.15, 0.2) is 25.3 Å². The molecule has 0 aliphatic carbocycles. The molecule has 2 saturated heterocycles. The Labute approximate surface area is 423 Å². The number of aliphatic hydroxyl groups excluding tert-OH is 4. The molecule has 4 aromatic heterocycles. The van der Waals surface area contributed by atoms with Crippen LogP contribution in [-0.4, -0.2) is 192 Å². The van der Waals surface area contributed by atoms with Gasteiger partial charge < -0.3 is 40.3 Å². The van der Waals surface area contributed by atoms with Gasteiger partial charge in [0.2, 0.25) is 5.91 Å². The number of fused-ring (bicyclic) bond motifs is 2.